The summed E-state index contributed by atoms with van der Waals surface area (Å²) in [6.07, 6.45) is -3.44. The zero-order valence-corrected chi connectivity index (χ0v) is 10.7. The standard InChI is InChI=1S/C10H12BrNO6/c11-6-4(14)1-2-12(9(6)17)10-8(16)7(15)5(3-13)18-10/h1-2,5,7-8,10,13-16H,3H2/t5-,7-,8-,10-/m1/s1. The molecule has 0 unspecified atom stereocenters. The van der Waals surface area contributed by atoms with Gasteiger partial charge in [-0.05, 0) is 22.0 Å². The van der Waals surface area contributed by atoms with Gasteiger partial charge in [-0.25, -0.2) is 0 Å². The van der Waals surface area contributed by atoms with Crippen molar-refractivity contribution >= 4 is 15.9 Å². The van der Waals surface area contributed by atoms with Crippen molar-refractivity contribution in [3.63, 3.8) is 0 Å². The van der Waals surface area contributed by atoms with Gasteiger partial charge in [0.2, 0.25) is 0 Å². The fraction of sp³-hybridized carbons (Fsp3) is 0.500. The zero-order valence-electron chi connectivity index (χ0n) is 9.10. The molecule has 1 saturated heterocycles. The second-order valence-corrected chi connectivity index (χ2v) is 4.75. The Labute approximate surface area is 110 Å². The minimum atomic E-state index is -1.34. The maximum atomic E-state index is 11.8. The number of hydrogen-bond donors (Lipinski definition) is 4. The molecule has 1 fully saturated rings. The minimum Gasteiger partial charge on any atom is -0.507 e. The summed E-state index contributed by atoms with van der Waals surface area (Å²) in [7, 11) is 0. The number of aliphatic hydroxyl groups excluding tert-OH is 3. The number of pyridine rings is 1. The van der Waals surface area contributed by atoms with E-state index in [0.717, 1.165) is 4.57 Å². The van der Waals surface area contributed by atoms with Gasteiger partial charge in [-0.15, -0.1) is 0 Å². The molecule has 100 valence electrons. The highest BCUT2D eigenvalue weighted by molar-refractivity contribution is 9.10. The molecule has 4 atom stereocenters. The third kappa shape index (κ3) is 2.06. The molecule has 2 heterocycles. The van der Waals surface area contributed by atoms with Crippen LogP contribution in [-0.2, 0) is 4.74 Å². The normalized spacial score (nSPS) is 31.8. The lowest BCUT2D eigenvalue weighted by Crippen LogP contribution is -2.35. The van der Waals surface area contributed by atoms with Crippen molar-refractivity contribution < 1.29 is 25.2 Å². The Bertz CT molecular complexity index is 504. The van der Waals surface area contributed by atoms with Crippen molar-refractivity contribution in [2.24, 2.45) is 0 Å². The van der Waals surface area contributed by atoms with Gasteiger partial charge in [0.25, 0.3) is 5.56 Å². The maximum absolute atomic E-state index is 11.8. The highest BCUT2D eigenvalue weighted by Gasteiger charge is 2.43. The Morgan fingerprint density at radius 3 is 2.61 bits per heavy atom. The first-order chi connectivity index (χ1) is 8.47. The topological polar surface area (TPSA) is 112 Å². The van der Waals surface area contributed by atoms with Gasteiger partial charge in [0.1, 0.15) is 28.5 Å². The monoisotopic (exact) mass is 321 g/mol. The van der Waals surface area contributed by atoms with Crippen LogP contribution in [0, 0.1) is 0 Å². The highest BCUT2D eigenvalue weighted by Crippen LogP contribution is 2.29. The van der Waals surface area contributed by atoms with Crippen molar-refractivity contribution in [3.05, 3.63) is 27.1 Å². The van der Waals surface area contributed by atoms with E-state index in [1.54, 1.807) is 0 Å². The molecule has 1 aromatic rings. The van der Waals surface area contributed by atoms with Crippen LogP contribution in [0.15, 0.2) is 21.5 Å². The van der Waals surface area contributed by atoms with E-state index in [1.807, 2.05) is 0 Å². The second-order valence-electron chi connectivity index (χ2n) is 3.96. The van der Waals surface area contributed by atoms with E-state index in [0.29, 0.717) is 0 Å². The van der Waals surface area contributed by atoms with Crippen LogP contribution >= 0.6 is 15.9 Å². The lowest BCUT2D eigenvalue weighted by atomic mass is 10.1. The van der Waals surface area contributed by atoms with Crippen LogP contribution in [0.3, 0.4) is 0 Å². The first kappa shape index (κ1) is 13.5. The number of aliphatic hydroxyl groups is 3. The first-order valence-corrected chi connectivity index (χ1v) is 5.98. The number of aromatic nitrogens is 1. The molecule has 0 aromatic carbocycles. The van der Waals surface area contributed by atoms with Gasteiger partial charge in [-0.1, -0.05) is 0 Å². The third-order valence-corrected chi connectivity index (χ3v) is 3.58. The predicted molar refractivity (Wildman–Crippen MR) is 63.1 cm³/mol. The van der Waals surface area contributed by atoms with Crippen LogP contribution in [0.2, 0.25) is 0 Å². The summed E-state index contributed by atoms with van der Waals surface area (Å²) in [6, 6.07) is 1.25. The third-order valence-electron chi connectivity index (χ3n) is 2.83. The molecule has 1 aliphatic heterocycles. The summed E-state index contributed by atoms with van der Waals surface area (Å²) in [6.45, 7) is -0.470. The van der Waals surface area contributed by atoms with Crippen LogP contribution < -0.4 is 5.56 Å². The summed E-state index contributed by atoms with van der Waals surface area (Å²) in [4.78, 5) is 11.8. The van der Waals surface area contributed by atoms with Crippen LogP contribution in [-0.4, -0.2) is 49.9 Å². The minimum absolute atomic E-state index is 0.0669. The van der Waals surface area contributed by atoms with Crippen molar-refractivity contribution in [1.29, 1.82) is 0 Å². The van der Waals surface area contributed by atoms with Crippen LogP contribution in [0.4, 0.5) is 0 Å². The number of rotatable bonds is 2. The fourth-order valence-corrected chi connectivity index (χ4v) is 2.16. The zero-order chi connectivity index (χ0) is 13.4. The fourth-order valence-electron chi connectivity index (χ4n) is 1.82. The number of nitrogens with zero attached hydrogens (tertiary/aromatic N) is 1. The highest BCUT2D eigenvalue weighted by atomic mass is 79.9. The molecular weight excluding hydrogens is 310 g/mol. The molecule has 0 bridgehead atoms. The van der Waals surface area contributed by atoms with Gasteiger partial charge in [0, 0.05) is 6.20 Å². The summed E-state index contributed by atoms with van der Waals surface area (Å²) in [5.74, 6) is -0.233. The second kappa shape index (κ2) is 4.98. The van der Waals surface area contributed by atoms with E-state index in [9.17, 15) is 20.1 Å². The van der Waals surface area contributed by atoms with E-state index in [4.69, 9.17) is 9.84 Å². The summed E-state index contributed by atoms with van der Waals surface area (Å²) < 4.78 is 6.18. The van der Waals surface area contributed by atoms with E-state index in [1.165, 1.54) is 12.3 Å². The summed E-state index contributed by atoms with van der Waals surface area (Å²) in [5.41, 5.74) is -0.607. The molecule has 0 spiro atoms. The first-order valence-electron chi connectivity index (χ1n) is 5.19. The van der Waals surface area contributed by atoms with Gasteiger partial charge < -0.3 is 25.2 Å². The molecule has 0 radical (unpaired) electrons. The Kier molecular flexibility index (Phi) is 3.74. The lowest BCUT2D eigenvalue weighted by molar-refractivity contribution is -0.0545. The Morgan fingerprint density at radius 1 is 1.39 bits per heavy atom. The molecule has 7 nitrogen and oxygen atoms in total. The van der Waals surface area contributed by atoms with E-state index >= 15 is 0 Å². The van der Waals surface area contributed by atoms with E-state index in [-0.39, 0.29) is 10.2 Å². The van der Waals surface area contributed by atoms with Gasteiger partial charge in [-0.3, -0.25) is 9.36 Å². The molecule has 4 N–H and O–H groups in total. The quantitative estimate of drug-likeness (QED) is 0.552. The van der Waals surface area contributed by atoms with Crippen molar-refractivity contribution in [3.8, 4) is 5.75 Å². The number of hydrogen-bond acceptors (Lipinski definition) is 6. The van der Waals surface area contributed by atoms with Crippen LogP contribution in [0.5, 0.6) is 5.75 Å². The number of halogens is 1. The molecule has 1 aromatic heterocycles. The average Bonchev–Trinajstić information content (AvgIpc) is 2.64. The summed E-state index contributed by atoms with van der Waals surface area (Å²) in [5, 5.41) is 37.7. The SMILES string of the molecule is O=c1c(Br)c(O)ccn1[C@@H]1O[C@H](CO)[C@@H](O)[C@H]1O. The average molecular weight is 322 g/mol. The molecule has 8 heteroatoms. The van der Waals surface area contributed by atoms with Crippen LogP contribution in [0.25, 0.3) is 0 Å². The van der Waals surface area contributed by atoms with Crippen molar-refractivity contribution in [1.82, 2.24) is 4.57 Å². The van der Waals surface area contributed by atoms with E-state index in [2.05, 4.69) is 15.9 Å². The van der Waals surface area contributed by atoms with Crippen molar-refractivity contribution in [2.75, 3.05) is 6.61 Å². The Morgan fingerprint density at radius 2 is 2.06 bits per heavy atom. The van der Waals surface area contributed by atoms with Gasteiger partial charge in [0.05, 0.1) is 6.61 Å². The molecule has 2 rings (SSSR count). The molecule has 0 amide bonds. The van der Waals surface area contributed by atoms with Gasteiger partial charge in [-0.2, -0.15) is 0 Å². The number of ether oxygens (including phenoxy) is 1. The largest absolute Gasteiger partial charge is 0.507 e. The predicted octanol–water partition coefficient (Wildman–Crippen LogP) is -1.07. The smallest absolute Gasteiger partial charge is 0.270 e. The van der Waals surface area contributed by atoms with Gasteiger partial charge in [0.15, 0.2) is 6.23 Å². The van der Waals surface area contributed by atoms with E-state index < -0.39 is 36.7 Å². The molecule has 0 saturated carbocycles. The maximum Gasteiger partial charge on any atom is 0.270 e. The molecule has 0 aliphatic carbocycles. The molecular formula is C10H12BrNO6. The van der Waals surface area contributed by atoms with Crippen LogP contribution in [0.1, 0.15) is 6.23 Å². The number of aromatic hydroxyl groups is 1. The Balaban J connectivity index is 2.39. The lowest BCUT2D eigenvalue weighted by Gasteiger charge is -2.18. The van der Waals surface area contributed by atoms with Gasteiger partial charge >= 0.3 is 0 Å². The van der Waals surface area contributed by atoms with Crippen molar-refractivity contribution in [2.45, 2.75) is 24.5 Å². The molecule has 18 heavy (non-hydrogen) atoms. The Hall–Kier alpha value is -0.930. The summed E-state index contributed by atoms with van der Waals surface area (Å²) >= 11 is 2.91. The molecule has 1 aliphatic rings.